The van der Waals surface area contributed by atoms with Gasteiger partial charge in [0.2, 0.25) is 0 Å². The fourth-order valence-corrected chi connectivity index (χ4v) is 1.77. The molecule has 0 radical (unpaired) electrons. The summed E-state index contributed by atoms with van der Waals surface area (Å²) in [6, 6.07) is 7.60. The van der Waals surface area contributed by atoms with Crippen molar-refractivity contribution in [2.75, 3.05) is 0 Å². The SMILES string of the molecule is C#CC(N)(Cc1c[nH]c2ccccc12)C(=O)O. The highest BCUT2D eigenvalue weighted by molar-refractivity contribution is 5.87. The average Bonchev–Trinajstić information content (AvgIpc) is 2.72. The molecule has 0 aliphatic heterocycles. The van der Waals surface area contributed by atoms with Crippen molar-refractivity contribution in [2.24, 2.45) is 5.73 Å². The molecule has 0 aliphatic rings. The first kappa shape index (κ1) is 11.2. The number of rotatable bonds is 3. The van der Waals surface area contributed by atoms with Crippen molar-refractivity contribution < 1.29 is 9.90 Å². The minimum Gasteiger partial charge on any atom is -0.479 e. The van der Waals surface area contributed by atoms with Gasteiger partial charge in [0.15, 0.2) is 5.54 Å². The molecule has 4 nitrogen and oxygen atoms in total. The lowest BCUT2D eigenvalue weighted by Crippen LogP contribution is -2.48. The van der Waals surface area contributed by atoms with Crippen molar-refractivity contribution in [1.29, 1.82) is 0 Å². The highest BCUT2D eigenvalue weighted by atomic mass is 16.4. The van der Waals surface area contributed by atoms with Gasteiger partial charge in [-0.1, -0.05) is 24.1 Å². The van der Waals surface area contributed by atoms with E-state index < -0.39 is 11.5 Å². The number of para-hydroxylation sites is 1. The van der Waals surface area contributed by atoms with Gasteiger partial charge in [-0.2, -0.15) is 0 Å². The van der Waals surface area contributed by atoms with Gasteiger partial charge in [0.25, 0.3) is 0 Å². The summed E-state index contributed by atoms with van der Waals surface area (Å²) in [7, 11) is 0. The molecule has 1 aromatic carbocycles. The van der Waals surface area contributed by atoms with Gasteiger partial charge in [0.1, 0.15) is 0 Å². The highest BCUT2D eigenvalue weighted by Gasteiger charge is 2.32. The number of nitrogens with one attached hydrogen (secondary N) is 1. The summed E-state index contributed by atoms with van der Waals surface area (Å²) in [6.07, 6.45) is 7.05. The summed E-state index contributed by atoms with van der Waals surface area (Å²) in [5, 5.41) is 9.97. The third-order valence-electron chi connectivity index (χ3n) is 2.78. The molecule has 4 N–H and O–H groups in total. The number of benzene rings is 1. The summed E-state index contributed by atoms with van der Waals surface area (Å²) in [4.78, 5) is 14.1. The van der Waals surface area contributed by atoms with E-state index in [0.29, 0.717) is 0 Å². The number of hydrogen-bond acceptors (Lipinski definition) is 2. The zero-order valence-corrected chi connectivity index (χ0v) is 9.10. The van der Waals surface area contributed by atoms with Crippen LogP contribution in [0.25, 0.3) is 10.9 Å². The number of aromatic amines is 1. The first-order chi connectivity index (χ1) is 8.07. The minimum atomic E-state index is -1.66. The molecule has 4 heteroatoms. The Morgan fingerprint density at radius 2 is 2.24 bits per heavy atom. The molecule has 0 bridgehead atoms. The molecule has 0 saturated carbocycles. The number of hydrogen-bond donors (Lipinski definition) is 3. The van der Waals surface area contributed by atoms with E-state index in [-0.39, 0.29) is 6.42 Å². The molecule has 1 unspecified atom stereocenters. The highest BCUT2D eigenvalue weighted by Crippen LogP contribution is 2.21. The Bertz CT molecular complexity index is 609. The van der Waals surface area contributed by atoms with Crippen LogP contribution in [0.15, 0.2) is 30.5 Å². The monoisotopic (exact) mass is 228 g/mol. The predicted octanol–water partition coefficient (Wildman–Crippen LogP) is 1.13. The van der Waals surface area contributed by atoms with Gasteiger partial charge in [-0.3, -0.25) is 0 Å². The second-order valence-electron chi connectivity index (χ2n) is 3.96. The van der Waals surface area contributed by atoms with Gasteiger partial charge in [0.05, 0.1) is 0 Å². The minimum absolute atomic E-state index is 0.100. The van der Waals surface area contributed by atoms with Gasteiger partial charge in [-0.25, -0.2) is 4.79 Å². The summed E-state index contributed by atoms with van der Waals surface area (Å²) in [5.41, 5.74) is 5.76. The van der Waals surface area contributed by atoms with Crippen molar-refractivity contribution in [3.8, 4) is 12.3 Å². The third kappa shape index (κ3) is 1.88. The number of aliphatic carboxylic acids is 1. The molecular formula is C13H12N2O2. The summed E-state index contributed by atoms with van der Waals surface area (Å²) >= 11 is 0. The number of carboxylic acid groups (broad SMARTS) is 1. The van der Waals surface area contributed by atoms with E-state index in [0.717, 1.165) is 16.5 Å². The number of H-pyrrole nitrogens is 1. The van der Waals surface area contributed by atoms with Crippen molar-refractivity contribution in [1.82, 2.24) is 4.98 Å². The van der Waals surface area contributed by atoms with Crippen LogP contribution in [0.2, 0.25) is 0 Å². The Morgan fingerprint density at radius 3 is 2.88 bits per heavy atom. The van der Waals surface area contributed by atoms with Crippen LogP contribution < -0.4 is 5.73 Å². The van der Waals surface area contributed by atoms with E-state index in [1.165, 1.54) is 0 Å². The molecular weight excluding hydrogens is 216 g/mol. The molecule has 86 valence electrons. The molecule has 2 rings (SSSR count). The zero-order valence-electron chi connectivity index (χ0n) is 9.10. The first-order valence-corrected chi connectivity index (χ1v) is 5.12. The summed E-state index contributed by atoms with van der Waals surface area (Å²) < 4.78 is 0. The molecule has 1 atom stereocenters. The van der Waals surface area contributed by atoms with Gasteiger partial charge in [0, 0.05) is 23.5 Å². The Morgan fingerprint density at radius 1 is 1.53 bits per heavy atom. The van der Waals surface area contributed by atoms with Crippen molar-refractivity contribution >= 4 is 16.9 Å². The smallest absolute Gasteiger partial charge is 0.336 e. The van der Waals surface area contributed by atoms with E-state index >= 15 is 0 Å². The van der Waals surface area contributed by atoms with Crippen LogP contribution in [0.4, 0.5) is 0 Å². The molecule has 0 saturated heterocycles. The van der Waals surface area contributed by atoms with Crippen LogP contribution in [-0.2, 0) is 11.2 Å². The summed E-state index contributed by atoms with van der Waals surface area (Å²) in [5.74, 6) is 0.956. The Balaban J connectivity index is 2.43. The Kier molecular flexibility index (Phi) is 2.62. The molecule has 0 spiro atoms. The van der Waals surface area contributed by atoms with Crippen LogP contribution >= 0.6 is 0 Å². The lowest BCUT2D eigenvalue weighted by molar-refractivity contribution is -0.141. The second kappa shape index (κ2) is 3.96. The number of carboxylic acids is 1. The van der Waals surface area contributed by atoms with E-state index in [2.05, 4.69) is 10.9 Å². The molecule has 0 amide bonds. The number of terminal acetylenes is 1. The fraction of sp³-hybridized carbons (Fsp3) is 0.154. The van der Waals surface area contributed by atoms with Crippen molar-refractivity contribution in [2.45, 2.75) is 12.0 Å². The Labute approximate surface area is 98.4 Å². The topological polar surface area (TPSA) is 79.1 Å². The van der Waals surface area contributed by atoms with Gasteiger partial charge in [-0.15, -0.1) is 6.42 Å². The normalized spacial score (nSPS) is 14.1. The van der Waals surface area contributed by atoms with Crippen molar-refractivity contribution in [3.63, 3.8) is 0 Å². The number of aromatic nitrogens is 1. The van der Waals surface area contributed by atoms with Crippen LogP contribution in [0, 0.1) is 12.3 Å². The molecule has 1 aromatic heterocycles. The van der Waals surface area contributed by atoms with Gasteiger partial charge in [-0.05, 0) is 11.6 Å². The quantitative estimate of drug-likeness (QED) is 0.689. The first-order valence-electron chi connectivity index (χ1n) is 5.12. The van der Waals surface area contributed by atoms with Crippen LogP contribution in [-0.4, -0.2) is 21.6 Å². The predicted molar refractivity (Wildman–Crippen MR) is 65.4 cm³/mol. The lowest BCUT2D eigenvalue weighted by Gasteiger charge is -2.17. The lowest BCUT2D eigenvalue weighted by atomic mass is 9.93. The van der Waals surface area contributed by atoms with E-state index in [9.17, 15) is 4.79 Å². The van der Waals surface area contributed by atoms with Gasteiger partial charge >= 0.3 is 5.97 Å². The molecule has 17 heavy (non-hydrogen) atoms. The van der Waals surface area contributed by atoms with Crippen LogP contribution in [0.3, 0.4) is 0 Å². The van der Waals surface area contributed by atoms with Gasteiger partial charge < -0.3 is 15.8 Å². The molecule has 0 aliphatic carbocycles. The maximum absolute atomic E-state index is 11.0. The second-order valence-corrected chi connectivity index (χ2v) is 3.96. The maximum atomic E-state index is 11.0. The zero-order chi connectivity index (χ0) is 12.5. The number of nitrogens with two attached hydrogens (primary N) is 1. The fourth-order valence-electron chi connectivity index (χ4n) is 1.77. The average molecular weight is 228 g/mol. The van der Waals surface area contributed by atoms with E-state index in [1.54, 1.807) is 6.20 Å². The third-order valence-corrected chi connectivity index (χ3v) is 2.78. The summed E-state index contributed by atoms with van der Waals surface area (Å²) in [6.45, 7) is 0. The molecule has 2 aromatic rings. The largest absolute Gasteiger partial charge is 0.479 e. The van der Waals surface area contributed by atoms with E-state index in [4.69, 9.17) is 17.3 Å². The number of fused-ring (bicyclic) bond motifs is 1. The molecule has 0 fully saturated rings. The Hall–Kier alpha value is -2.25. The van der Waals surface area contributed by atoms with Crippen LogP contribution in [0.5, 0.6) is 0 Å². The maximum Gasteiger partial charge on any atom is 0.336 e. The standard InChI is InChI=1S/C13H12N2O2/c1-2-13(14,12(16)17)7-9-8-15-11-6-4-3-5-10(9)11/h1,3-6,8,15H,7,14H2,(H,16,17). The van der Waals surface area contributed by atoms with E-state index in [1.807, 2.05) is 24.3 Å². The number of carbonyl (C=O) groups is 1. The molecule has 1 heterocycles. The van der Waals surface area contributed by atoms with Crippen molar-refractivity contribution in [3.05, 3.63) is 36.0 Å². The van der Waals surface area contributed by atoms with Crippen LogP contribution in [0.1, 0.15) is 5.56 Å².